The highest BCUT2D eigenvalue weighted by Gasteiger charge is 2.54. The van der Waals surface area contributed by atoms with E-state index in [2.05, 4.69) is 45.1 Å². The molecule has 1 aliphatic heterocycles. The number of halogens is 1. The fraction of sp³-hybridized carbons (Fsp3) is 0.538. The fourth-order valence-electron chi connectivity index (χ4n) is 3.00. The van der Waals surface area contributed by atoms with E-state index in [9.17, 15) is 0 Å². The summed E-state index contributed by atoms with van der Waals surface area (Å²) in [6.07, 6.45) is 0. The van der Waals surface area contributed by atoms with Gasteiger partial charge in [-0.15, -0.1) is 0 Å². The van der Waals surface area contributed by atoms with Gasteiger partial charge in [-0.1, -0.05) is 34.1 Å². The Morgan fingerprint density at radius 2 is 1.94 bits per heavy atom. The summed E-state index contributed by atoms with van der Waals surface area (Å²) in [4.78, 5) is 2.50. The van der Waals surface area contributed by atoms with Gasteiger partial charge in [-0.3, -0.25) is 4.90 Å². The van der Waals surface area contributed by atoms with E-state index in [1.807, 2.05) is 0 Å². The van der Waals surface area contributed by atoms with E-state index in [0.717, 1.165) is 31.5 Å². The summed E-state index contributed by atoms with van der Waals surface area (Å²) >= 11 is 3.59. The van der Waals surface area contributed by atoms with Crippen LogP contribution in [0.2, 0.25) is 0 Å². The van der Waals surface area contributed by atoms with Crippen molar-refractivity contribution in [3.63, 3.8) is 0 Å². The summed E-state index contributed by atoms with van der Waals surface area (Å²) in [6.45, 7) is 3.75. The molecule has 0 radical (unpaired) electrons. The van der Waals surface area contributed by atoms with Crippen molar-refractivity contribution in [2.75, 3.05) is 19.7 Å². The quantitative estimate of drug-likeness (QED) is 0.918. The first kappa shape index (κ1) is 10.8. The lowest BCUT2D eigenvalue weighted by Gasteiger charge is -2.19. The third-order valence-corrected chi connectivity index (χ3v) is 4.78. The Bertz CT molecular complexity index is 383. The van der Waals surface area contributed by atoms with E-state index < -0.39 is 0 Å². The molecule has 1 N–H and O–H groups in total. The molecule has 86 valence electrons. The summed E-state index contributed by atoms with van der Waals surface area (Å²) in [5.41, 5.74) is 1.37. The SMILES string of the molecule is OCC1C2CN(Cc3ccccc3Br)CC12. The Morgan fingerprint density at radius 3 is 2.56 bits per heavy atom. The molecule has 1 saturated carbocycles. The van der Waals surface area contributed by atoms with Crippen molar-refractivity contribution in [1.29, 1.82) is 0 Å². The molecule has 0 amide bonds. The Hall–Kier alpha value is -0.380. The van der Waals surface area contributed by atoms with Crippen molar-refractivity contribution >= 4 is 15.9 Å². The molecule has 3 heteroatoms. The predicted molar refractivity (Wildman–Crippen MR) is 67.0 cm³/mol. The molecule has 2 unspecified atom stereocenters. The second-order valence-corrected chi connectivity index (χ2v) is 5.81. The zero-order valence-electron chi connectivity index (χ0n) is 9.14. The highest BCUT2D eigenvalue weighted by molar-refractivity contribution is 9.10. The van der Waals surface area contributed by atoms with Crippen molar-refractivity contribution in [3.8, 4) is 0 Å². The molecular formula is C13H16BrNO. The zero-order valence-corrected chi connectivity index (χ0v) is 10.7. The van der Waals surface area contributed by atoms with Gasteiger partial charge in [-0.05, 0) is 29.4 Å². The lowest BCUT2D eigenvalue weighted by molar-refractivity contribution is 0.217. The van der Waals surface area contributed by atoms with Crippen molar-refractivity contribution < 1.29 is 5.11 Å². The van der Waals surface area contributed by atoms with Crippen LogP contribution in [0.4, 0.5) is 0 Å². The second kappa shape index (κ2) is 4.13. The van der Waals surface area contributed by atoms with Gasteiger partial charge in [0.05, 0.1) is 0 Å². The number of benzene rings is 1. The Labute approximate surface area is 104 Å². The lowest BCUT2D eigenvalue weighted by atomic mass is 10.2. The van der Waals surface area contributed by atoms with Crippen molar-refractivity contribution in [3.05, 3.63) is 34.3 Å². The Morgan fingerprint density at radius 1 is 1.25 bits per heavy atom. The van der Waals surface area contributed by atoms with Crippen LogP contribution in [0.5, 0.6) is 0 Å². The van der Waals surface area contributed by atoms with Gasteiger partial charge in [0.25, 0.3) is 0 Å². The van der Waals surface area contributed by atoms with Crippen LogP contribution in [0, 0.1) is 17.8 Å². The average Bonchev–Trinajstić information content (AvgIpc) is 2.76. The third-order valence-electron chi connectivity index (χ3n) is 4.01. The molecule has 16 heavy (non-hydrogen) atoms. The van der Waals surface area contributed by atoms with Gasteiger partial charge in [0.1, 0.15) is 0 Å². The van der Waals surface area contributed by atoms with Crippen LogP contribution in [0.1, 0.15) is 5.56 Å². The van der Waals surface area contributed by atoms with Gasteiger partial charge in [0.15, 0.2) is 0 Å². The predicted octanol–water partition coefficient (Wildman–Crippen LogP) is 2.12. The molecule has 1 aliphatic carbocycles. The summed E-state index contributed by atoms with van der Waals surface area (Å²) < 4.78 is 1.20. The van der Waals surface area contributed by atoms with E-state index in [1.165, 1.54) is 10.0 Å². The van der Waals surface area contributed by atoms with Crippen LogP contribution in [0.25, 0.3) is 0 Å². The van der Waals surface area contributed by atoms with Gasteiger partial charge >= 0.3 is 0 Å². The van der Waals surface area contributed by atoms with Crippen molar-refractivity contribution in [2.45, 2.75) is 6.54 Å². The normalized spacial score (nSPS) is 32.8. The van der Waals surface area contributed by atoms with Crippen LogP contribution in [0.15, 0.2) is 28.7 Å². The van der Waals surface area contributed by atoms with Crippen LogP contribution >= 0.6 is 15.9 Å². The highest BCUT2D eigenvalue weighted by atomic mass is 79.9. The lowest BCUT2D eigenvalue weighted by Crippen LogP contribution is -2.24. The molecule has 0 bridgehead atoms. The van der Waals surface area contributed by atoms with Crippen molar-refractivity contribution in [2.24, 2.45) is 17.8 Å². The maximum Gasteiger partial charge on any atom is 0.0465 e. The van der Waals surface area contributed by atoms with Gasteiger partial charge in [-0.25, -0.2) is 0 Å². The summed E-state index contributed by atoms with van der Waals surface area (Å²) in [5, 5.41) is 9.11. The number of likely N-dealkylation sites (tertiary alicyclic amines) is 1. The number of aliphatic hydroxyl groups excluding tert-OH is 1. The summed E-state index contributed by atoms with van der Waals surface area (Å²) in [6, 6.07) is 8.42. The standard InChI is InChI=1S/C13H16BrNO/c14-13-4-2-1-3-9(13)5-15-6-10-11(7-15)12(10)8-16/h1-4,10-12,16H,5-8H2. The largest absolute Gasteiger partial charge is 0.396 e. The minimum Gasteiger partial charge on any atom is -0.396 e. The first-order valence-corrected chi connectivity index (χ1v) is 6.65. The van der Waals surface area contributed by atoms with Crippen LogP contribution < -0.4 is 0 Å². The van der Waals surface area contributed by atoms with Gasteiger partial charge in [-0.2, -0.15) is 0 Å². The Balaban J connectivity index is 1.60. The first-order chi connectivity index (χ1) is 7.79. The smallest absolute Gasteiger partial charge is 0.0465 e. The number of hydrogen-bond donors (Lipinski definition) is 1. The van der Waals surface area contributed by atoms with Gasteiger partial charge < -0.3 is 5.11 Å². The summed E-state index contributed by atoms with van der Waals surface area (Å²) in [5.74, 6) is 2.15. The number of nitrogens with zero attached hydrogens (tertiary/aromatic N) is 1. The van der Waals surface area contributed by atoms with E-state index in [0.29, 0.717) is 12.5 Å². The van der Waals surface area contributed by atoms with E-state index >= 15 is 0 Å². The minimum atomic E-state index is 0.387. The fourth-order valence-corrected chi connectivity index (χ4v) is 3.41. The van der Waals surface area contributed by atoms with Crippen molar-refractivity contribution in [1.82, 2.24) is 4.90 Å². The molecule has 2 atom stereocenters. The van der Waals surface area contributed by atoms with Gasteiger partial charge in [0, 0.05) is 30.7 Å². The molecule has 2 aliphatic rings. The molecule has 2 fully saturated rings. The topological polar surface area (TPSA) is 23.5 Å². The van der Waals surface area contributed by atoms with E-state index in [1.54, 1.807) is 0 Å². The monoisotopic (exact) mass is 281 g/mol. The van der Waals surface area contributed by atoms with E-state index in [-0.39, 0.29) is 0 Å². The maximum absolute atomic E-state index is 9.11. The third kappa shape index (κ3) is 1.81. The molecular weight excluding hydrogens is 266 g/mol. The second-order valence-electron chi connectivity index (χ2n) is 4.96. The van der Waals surface area contributed by atoms with Crippen LogP contribution in [-0.2, 0) is 6.54 Å². The highest BCUT2D eigenvalue weighted by Crippen LogP contribution is 2.51. The number of piperidine rings is 1. The first-order valence-electron chi connectivity index (χ1n) is 5.86. The number of hydrogen-bond acceptors (Lipinski definition) is 2. The summed E-state index contributed by atoms with van der Waals surface area (Å²) in [7, 11) is 0. The van der Waals surface area contributed by atoms with E-state index in [4.69, 9.17) is 5.11 Å². The number of aliphatic hydroxyl groups is 1. The zero-order chi connectivity index (χ0) is 11.1. The number of rotatable bonds is 3. The molecule has 1 heterocycles. The minimum absolute atomic E-state index is 0.387. The molecule has 1 saturated heterocycles. The van der Waals surface area contributed by atoms with Gasteiger partial charge in [0.2, 0.25) is 0 Å². The molecule has 1 aromatic carbocycles. The Kier molecular flexibility index (Phi) is 2.78. The molecule has 1 aromatic rings. The maximum atomic E-state index is 9.11. The van der Waals surface area contributed by atoms with Crippen LogP contribution in [-0.4, -0.2) is 29.7 Å². The molecule has 0 aromatic heterocycles. The van der Waals surface area contributed by atoms with Crippen LogP contribution in [0.3, 0.4) is 0 Å². The molecule has 0 spiro atoms. The molecule has 2 nitrogen and oxygen atoms in total. The average molecular weight is 282 g/mol. The number of fused-ring (bicyclic) bond motifs is 1. The molecule has 3 rings (SSSR count).